The van der Waals surface area contributed by atoms with Crippen LogP contribution in [0.25, 0.3) is 0 Å². The molecular formula is C10H7ClIN3O2S. The zero-order valence-corrected chi connectivity index (χ0v) is 12.6. The molecule has 1 aromatic heterocycles. The summed E-state index contributed by atoms with van der Waals surface area (Å²) < 4.78 is 1.10. The topological polar surface area (TPSA) is 68.1 Å². The molecule has 0 spiro atoms. The molecule has 0 fully saturated rings. The van der Waals surface area contributed by atoms with Gasteiger partial charge in [0.15, 0.2) is 4.47 Å². The van der Waals surface area contributed by atoms with Gasteiger partial charge in [-0.25, -0.2) is 4.98 Å². The lowest BCUT2D eigenvalue weighted by Crippen LogP contribution is -1.99. The summed E-state index contributed by atoms with van der Waals surface area (Å²) in [6.07, 6.45) is 1.68. The van der Waals surface area contributed by atoms with E-state index in [1.807, 2.05) is 22.6 Å². The van der Waals surface area contributed by atoms with Crippen LogP contribution < -0.4 is 5.32 Å². The van der Waals surface area contributed by atoms with Crippen molar-refractivity contribution in [2.24, 2.45) is 0 Å². The molecule has 5 nitrogen and oxygen atoms in total. The van der Waals surface area contributed by atoms with Crippen LogP contribution in [0.4, 0.5) is 11.4 Å². The highest BCUT2D eigenvalue weighted by atomic mass is 127. The summed E-state index contributed by atoms with van der Waals surface area (Å²) in [6.45, 7) is 0.544. The fourth-order valence-corrected chi connectivity index (χ4v) is 2.77. The Balaban J connectivity index is 2.10. The van der Waals surface area contributed by atoms with Gasteiger partial charge in [0.05, 0.1) is 15.0 Å². The lowest BCUT2D eigenvalue weighted by Gasteiger charge is -2.04. The van der Waals surface area contributed by atoms with Crippen LogP contribution in [0.1, 0.15) is 4.88 Å². The Morgan fingerprint density at radius 2 is 2.33 bits per heavy atom. The first kappa shape index (κ1) is 13.5. The molecule has 18 heavy (non-hydrogen) atoms. The average molecular weight is 396 g/mol. The van der Waals surface area contributed by atoms with Crippen LogP contribution in [0.3, 0.4) is 0 Å². The van der Waals surface area contributed by atoms with Crippen LogP contribution in [0.15, 0.2) is 24.4 Å². The van der Waals surface area contributed by atoms with Gasteiger partial charge in [0.25, 0.3) is 5.69 Å². The van der Waals surface area contributed by atoms with Gasteiger partial charge in [0.2, 0.25) is 0 Å². The number of hydrogen-bond acceptors (Lipinski definition) is 5. The first-order valence-corrected chi connectivity index (χ1v) is 7.11. The third-order valence-corrected chi connectivity index (χ3v) is 4.16. The number of aromatic nitrogens is 1. The molecule has 0 bridgehead atoms. The molecule has 0 atom stereocenters. The fourth-order valence-electron chi connectivity index (χ4n) is 1.32. The molecule has 2 rings (SSSR count). The lowest BCUT2D eigenvalue weighted by atomic mass is 10.3. The van der Waals surface area contributed by atoms with E-state index in [0.29, 0.717) is 20.3 Å². The molecule has 8 heteroatoms. The molecule has 94 valence electrons. The Morgan fingerprint density at radius 1 is 1.56 bits per heavy atom. The summed E-state index contributed by atoms with van der Waals surface area (Å²) in [5.74, 6) is 0. The molecule has 0 aliphatic heterocycles. The van der Waals surface area contributed by atoms with Gasteiger partial charge in [-0.05, 0) is 34.7 Å². The highest BCUT2D eigenvalue weighted by molar-refractivity contribution is 14.1. The van der Waals surface area contributed by atoms with Gasteiger partial charge in [-0.15, -0.1) is 11.3 Å². The molecular weight excluding hydrogens is 389 g/mol. The molecule has 0 radical (unpaired) electrons. The maximum absolute atomic E-state index is 10.8. The highest BCUT2D eigenvalue weighted by Gasteiger charge is 2.12. The van der Waals surface area contributed by atoms with Gasteiger partial charge < -0.3 is 5.32 Å². The van der Waals surface area contributed by atoms with Crippen LogP contribution in [0.5, 0.6) is 0 Å². The number of benzene rings is 1. The Labute approximate surface area is 125 Å². The average Bonchev–Trinajstić information content (AvgIpc) is 2.74. The Morgan fingerprint density at radius 3 is 2.94 bits per heavy atom. The maximum atomic E-state index is 10.8. The number of nitrogens with one attached hydrogen (secondary N) is 1. The van der Waals surface area contributed by atoms with Crippen molar-refractivity contribution in [1.29, 1.82) is 0 Å². The predicted molar refractivity (Wildman–Crippen MR) is 80.3 cm³/mol. The van der Waals surface area contributed by atoms with E-state index in [1.54, 1.807) is 18.3 Å². The molecule has 0 aliphatic rings. The standard InChI is InChI=1S/C10H7ClIN3O2S/c11-10-14-5-7(18-10)4-13-6-1-2-8(12)9(3-6)15(16)17/h1-3,5,13H,4H2. The van der Waals surface area contributed by atoms with Gasteiger partial charge in [-0.3, -0.25) is 10.1 Å². The van der Waals surface area contributed by atoms with Crippen molar-refractivity contribution < 1.29 is 4.92 Å². The third-order valence-electron chi connectivity index (χ3n) is 2.13. The maximum Gasteiger partial charge on any atom is 0.284 e. The fraction of sp³-hybridized carbons (Fsp3) is 0.100. The van der Waals surface area contributed by atoms with Crippen molar-refractivity contribution in [3.8, 4) is 0 Å². The van der Waals surface area contributed by atoms with E-state index >= 15 is 0 Å². The second kappa shape index (κ2) is 5.81. The van der Waals surface area contributed by atoms with Crippen LogP contribution in [0, 0.1) is 13.7 Å². The molecule has 1 N–H and O–H groups in total. The Bertz CT molecular complexity index is 590. The number of nitro benzene ring substituents is 1. The number of halogens is 2. The van der Waals surface area contributed by atoms with Crippen molar-refractivity contribution in [2.75, 3.05) is 5.32 Å². The first-order chi connectivity index (χ1) is 8.56. The van der Waals surface area contributed by atoms with Gasteiger partial charge in [-0.2, -0.15) is 0 Å². The number of nitro groups is 1. The van der Waals surface area contributed by atoms with E-state index in [4.69, 9.17) is 11.6 Å². The first-order valence-electron chi connectivity index (χ1n) is 4.84. The quantitative estimate of drug-likeness (QED) is 0.484. The molecule has 0 aliphatic carbocycles. The normalized spacial score (nSPS) is 10.3. The smallest absolute Gasteiger partial charge is 0.284 e. The van der Waals surface area contributed by atoms with E-state index in [-0.39, 0.29) is 5.69 Å². The number of nitrogens with zero attached hydrogens (tertiary/aromatic N) is 2. The molecule has 0 unspecified atom stereocenters. The molecule has 1 heterocycles. The van der Waals surface area contributed by atoms with E-state index in [0.717, 1.165) is 4.88 Å². The van der Waals surface area contributed by atoms with Gasteiger partial charge in [0, 0.05) is 22.8 Å². The van der Waals surface area contributed by atoms with Gasteiger partial charge >= 0.3 is 0 Å². The molecule has 2 aromatic rings. The SMILES string of the molecule is O=[N+]([O-])c1cc(NCc2cnc(Cl)s2)ccc1I. The van der Waals surface area contributed by atoms with Crippen molar-refractivity contribution in [3.63, 3.8) is 0 Å². The zero-order valence-electron chi connectivity index (χ0n) is 8.89. The van der Waals surface area contributed by atoms with Crippen molar-refractivity contribution >= 4 is 56.9 Å². The molecule has 0 saturated carbocycles. The van der Waals surface area contributed by atoms with Crippen molar-refractivity contribution in [1.82, 2.24) is 4.98 Å². The van der Waals surface area contributed by atoms with E-state index < -0.39 is 4.92 Å². The zero-order chi connectivity index (χ0) is 13.1. The monoisotopic (exact) mass is 395 g/mol. The van der Waals surface area contributed by atoms with E-state index in [1.165, 1.54) is 17.4 Å². The van der Waals surface area contributed by atoms with E-state index in [2.05, 4.69) is 10.3 Å². The summed E-state index contributed by atoms with van der Waals surface area (Å²) in [5.41, 5.74) is 0.801. The summed E-state index contributed by atoms with van der Waals surface area (Å²) in [5, 5.41) is 13.9. The van der Waals surface area contributed by atoms with Crippen LogP contribution in [0.2, 0.25) is 4.47 Å². The van der Waals surface area contributed by atoms with Crippen molar-refractivity contribution in [2.45, 2.75) is 6.54 Å². The van der Waals surface area contributed by atoms with Gasteiger partial charge in [0.1, 0.15) is 0 Å². The van der Waals surface area contributed by atoms with E-state index in [9.17, 15) is 10.1 Å². The second-order valence-corrected chi connectivity index (χ2v) is 6.22. The number of hydrogen-bond donors (Lipinski definition) is 1. The number of rotatable bonds is 4. The van der Waals surface area contributed by atoms with Crippen LogP contribution in [-0.4, -0.2) is 9.91 Å². The minimum absolute atomic E-state index is 0.0999. The summed E-state index contributed by atoms with van der Waals surface area (Å²) in [4.78, 5) is 15.3. The minimum atomic E-state index is -0.392. The van der Waals surface area contributed by atoms with Crippen molar-refractivity contribution in [3.05, 3.63) is 47.4 Å². The van der Waals surface area contributed by atoms with Crippen LogP contribution >= 0.6 is 45.5 Å². The number of thiazole rings is 1. The summed E-state index contributed by atoms with van der Waals surface area (Å²) >= 11 is 9.04. The molecule has 1 aromatic carbocycles. The molecule has 0 saturated heterocycles. The van der Waals surface area contributed by atoms with Gasteiger partial charge in [-0.1, -0.05) is 11.6 Å². The Hall–Kier alpha value is -0.930. The highest BCUT2D eigenvalue weighted by Crippen LogP contribution is 2.25. The van der Waals surface area contributed by atoms with Crippen LogP contribution in [-0.2, 0) is 6.54 Å². The minimum Gasteiger partial charge on any atom is -0.380 e. The summed E-state index contributed by atoms with van der Waals surface area (Å²) in [7, 11) is 0. The molecule has 0 amide bonds. The predicted octanol–water partition coefficient (Wildman–Crippen LogP) is 3.92. The largest absolute Gasteiger partial charge is 0.380 e. The number of anilines is 1. The second-order valence-electron chi connectivity index (χ2n) is 3.36. The summed E-state index contributed by atoms with van der Waals surface area (Å²) in [6, 6.07) is 5.03. The third kappa shape index (κ3) is 3.30. The Kier molecular flexibility index (Phi) is 4.36. The lowest BCUT2D eigenvalue weighted by molar-refractivity contribution is -0.385.